The summed E-state index contributed by atoms with van der Waals surface area (Å²) in [6.45, 7) is 2.02. The van der Waals surface area contributed by atoms with Crippen LogP contribution in [0.1, 0.15) is 30.1 Å². The highest BCUT2D eigenvalue weighted by Gasteiger charge is 2.23. The van der Waals surface area contributed by atoms with Gasteiger partial charge in [0.25, 0.3) is 0 Å². The predicted molar refractivity (Wildman–Crippen MR) is 75.9 cm³/mol. The molecule has 2 atom stereocenters. The minimum absolute atomic E-state index is 0.0409. The summed E-state index contributed by atoms with van der Waals surface area (Å²) in [5.41, 5.74) is 1.48. The second-order valence-corrected chi connectivity index (χ2v) is 4.86. The molecule has 1 N–H and O–H groups in total. The van der Waals surface area contributed by atoms with Gasteiger partial charge in [-0.15, -0.1) is 0 Å². The van der Waals surface area contributed by atoms with E-state index in [0.717, 1.165) is 5.69 Å². The Balaban J connectivity index is 2.37. The van der Waals surface area contributed by atoms with E-state index < -0.39 is 0 Å². The number of nitrogens with one attached hydrogen (secondary N) is 1. The van der Waals surface area contributed by atoms with Gasteiger partial charge in [0.2, 0.25) is 0 Å². The van der Waals surface area contributed by atoms with E-state index in [1.807, 2.05) is 32.2 Å². The molecule has 0 fully saturated rings. The first-order valence-corrected chi connectivity index (χ1v) is 6.55. The Hall–Kier alpha value is -1.45. The Morgan fingerprint density at radius 2 is 2.00 bits per heavy atom. The standard InChI is InChI=1S/C15H16ClFN2/c1-10(13-8-3-4-9-19-13)15(18-2)11-6-5-7-12(16)14(11)17/h3-10,15,18H,1-2H3. The topological polar surface area (TPSA) is 24.9 Å². The first-order chi connectivity index (χ1) is 9.15. The molecular weight excluding hydrogens is 263 g/mol. The molecule has 4 heteroatoms. The molecule has 0 radical (unpaired) electrons. The first-order valence-electron chi connectivity index (χ1n) is 6.17. The van der Waals surface area contributed by atoms with Crippen LogP contribution in [0.3, 0.4) is 0 Å². The average molecular weight is 279 g/mol. The monoisotopic (exact) mass is 278 g/mol. The molecule has 0 spiro atoms. The van der Waals surface area contributed by atoms with Crippen LogP contribution in [0.5, 0.6) is 0 Å². The average Bonchev–Trinajstić information content (AvgIpc) is 2.45. The van der Waals surface area contributed by atoms with E-state index >= 15 is 0 Å². The van der Waals surface area contributed by atoms with Crippen LogP contribution >= 0.6 is 11.6 Å². The third-order valence-corrected chi connectivity index (χ3v) is 3.57. The van der Waals surface area contributed by atoms with Gasteiger partial charge >= 0.3 is 0 Å². The molecule has 1 heterocycles. The summed E-state index contributed by atoms with van der Waals surface area (Å²) in [4.78, 5) is 4.33. The van der Waals surface area contributed by atoms with Gasteiger partial charge in [0.1, 0.15) is 5.82 Å². The number of nitrogens with zero attached hydrogens (tertiary/aromatic N) is 1. The van der Waals surface area contributed by atoms with Crippen molar-refractivity contribution in [2.24, 2.45) is 0 Å². The third kappa shape index (κ3) is 2.94. The van der Waals surface area contributed by atoms with Gasteiger partial charge < -0.3 is 5.32 Å². The van der Waals surface area contributed by atoms with Gasteiger partial charge in [-0.1, -0.05) is 36.7 Å². The Bertz CT molecular complexity index is 545. The fourth-order valence-corrected chi connectivity index (χ4v) is 2.43. The zero-order valence-corrected chi connectivity index (χ0v) is 11.7. The second-order valence-electron chi connectivity index (χ2n) is 4.45. The summed E-state index contributed by atoms with van der Waals surface area (Å²) in [5.74, 6) is -0.328. The number of halogens is 2. The molecule has 1 aromatic carbocycles. The second kappa shape index (κ2) is 6.13. The van der Waals surface area contributed by atoms with Gasteiger partial charge in [-0.3, -0.25) is 4.98 Å². The molecule has 0 aliphatic heterocycles. The number of hydrogen-bond donors (Lipinski definition) is 1. The maximum Gasteiger partial charge on any atom is 0.146 e. The van der Waals surface area contributed by atoms with Gasteiger partial charge in [-0.05, 0) is 25.2 Å². The molecule has 0 saturated heterocycles. The van der Waals surface area contributed by atoms with Crippen LogP contribution in [0.25, 0.3) is 0 Å². The Kier molecular flexibility index (Phi) is 4.51. The number of pyridine rings is 1. The van der Waals surface area contributed by atoms with Crippen molar-refractivity contribution in [2.45, 2.75) is 18.9 Å². The van der Waals surface area contributed by atoms with Crippen molar-refractivity contribution in [3.8, 4) is 0 Å². The molecule has 1 aromatic heterocycles. The van der Waals surface area contributed by atoms with Crippen LogP contribution in [-0.4, -0.2) is 12.0 Å². The minimum atomic E-state index is -0.369. The van der Waals surface area contributed by atoms with Gasteiger partial charge in [-0.2, -0.15) is 0 Å². The van der Waals surface area contributed by atoms with Crippen LogP contribution in [0, 0.1) is 5.82 Å². The summed E-state index contributed by atoms with van der Waals surface area (Å²) < 4.78 is 14.1. The van der Waals surface area contributed by atoms with Crippen molar-refractivity contribution in [3.63, 3.8) is 0 Å². The number of likely N-dealkylation sites (N-methyl/N-ethyl adjacent to an activating group) is 1. The summed E-state index contributed by atoms with van der Waals surface area (Å²) in [6.07, 6.45) is 1.74. The number of hydrogen-bond acceptors (Lipinski definition) is 2. The molecule has 2 unspecified atom stereocenters. The SMILES string of the molecule is CNC(c1cccc(Cl)c1F)C(C)c1ccccn1. The normalized spacial score (nSPS) is 14.1. The Morgan fingerprint density at radius 3 is 2.63 bits per heavy atom. The van der Waals surface area contributed by atoms with Crippen molar-refractivity contribution in [1.29, 1.82) is 0 Å². The zero-order chi connectivity index (χ0) is 13.8. The Labute approximate surface area is 117 Å². The van der Waals surface area contributed by atoms with Crippen molar-refractivity contribution in [2.75, 3.05) is 7.05 Å². The lowest BCUT2D eigenvalue weighted by atomic mass is 9.91. The molecule has 0 amide bonds. The van der Waals surface area contributed by atoms with Crippen LogP contribution < -0.4 is 5.32 Å². The number of rotatable bonds is 4. The first kappa shape index (κ1) is 14.0. The number of benzene rings is 1. The number of aromatic nitrogens is 1. The van der Waals surface area contributed by atoms with E-state index in [1.165, 1.54) is 0 Å². The van der Waals surface area contributed by atoms with Crippen molar-refractivity contribution in [3.05, 3.63) is 64.7 Å². The zero-order valence-electron chi connectivity index (χ0n) is 10.9. The summed E-state index contributed by atoms with van der Waals surface area (Å²) in [6, 6.07) is 10.6. The van der Waals surface area contributed by atoms with Crippen molar-refractivity contribution < 1.29 is 4.39 Å². The maximum absolute atomic E-state index is 14.1. The maximum atomic E-state index is 14.1. The third-order valence-electron chi connectivity index (χ3n) is 3.28. The smallest absolute Gasteiger partial charge is 0.146 e. The molecule has 2 rings (SSSR count). The van der Waals surface area contributed by atoms with E-state index in [0.29, 0.717) is 5.56 Å². The van der Waals surface area contributed by atoms with Crippen LogP contribution in [0.4, 0.5) is 4.39 Å². The lowest BCUT2D eigenvalue weighted by molar-refractivity contribution is 0.472. The van der Waals surface area contributed by atoms with Gasteiger partial charge in [0.05, 0.1) is 5.02 Å². The largest absolute Gasteiger partial charge is 0.312 e. The molecule has 0 saturated carbocycles. The lowest BCUT2D eigenvalue weighted by Gasteiger charge is -2.24. The van der Waals surface area contributed by atoms with Crippen LogP contribution in [0.15, 0.2) is 42.6 Å². The summed E-state index contributed by atoms with van der Waals surface area (Å²) in [7, 11) is 1.81. The molecule has 100 valence electrons. The highest BCUT2D eigenvalue weighted by molar-refractivity contribution is 6.30. The molecular formula is C15H16ClFN2. The van der Waals surface area contributed by atoms with Crippen LogP contribution in [-0.2, 0) is 0 Å². The summed E-state index contributed by atoms with van der Waals surface area (Å²) in [5, 5.41) is 3.29. The lowest BCUT2D eigenvalue weighted by Crippen LogP contribution is -2.24. The van der Waals surface area contributed by atoms with Gasteiger partial charge in [0.15, 0.2) is 0 Å². The van der Waals surface area contributed by atoms with E-state index in [2.05, 4.69) is 10.3 Å². The molecule has 0 bridgehead atoms. The fourth-order valence-electron chi connectivity index (χ4n) is 2.25. The van der Waals surface area contributed by atoms with Crippen LogP contribution in [0.2, 0.25) is 5.02 Å². The van der Waals surface area contributed by atoms with Gasteiger partial charge in [0, 0.05) is 29.4 Å². The molecule has 0 aliphatic carbocycles. The van der Waals surface area contributed by atoms with Crippen molar-refractivity contribution in [1.82, 2.24) is 10.3 Å². The molecule has 2 nitrogen and oxygen atoms in total. The molecule has 2 aromatic rings. The van der Waals surface area contributed by atoms with E-state index in [9.17, 15) is 4.39 Å². The molecule has 0 aliphatic rings. The fraction of sp³-hybridized carbons (Fsp3) is 0.267. The Morgan fingerprint density at radius 1 is 1.21 bits per heavy atom. The minimum Gasteiger partial charge on any atom is -0.312 e. The highest BCUT2D eigenvalue weighted by atomic mass is 35.5. The van der Waals surface area contributed by atoms with E-state index in [1.54, 1.807) is 24.4 Å². The quantitative estimate of drug-likeness (QED) is 0.916. The predicted octanol–water partition coefficient (Wildman–Crippen LogP) is 3.94. The molecule has 19 heavy (non-hydrogen) atoms. The van der Waals surface area contributed by atoms with E-state index in [4.69, 9.17) is 11.6 Å². The van der Waals surface area contributed by atoms with Crippen molar-refractivity contribution >= 4 is 11.6 Å². The summed E-state index contributed by atoms with van der Waals surface area (Å²) >= 11 is 5.85. The van der Waals surface area contributed by atoms with Gasteiger partial charge in [-0.25, -0.2) is 4.39 Å². The van der Waals surface area contributed by atoms with E-state index in [-0.39, 0.29) is 22.8 Å². The highest BCUT2D eigenvalue weighted by Crippen LogP contribution is 2.32.